The van der Waals surface area contributed by atoms with E-state index in [1.807, 2.05) is 0 Å². The Morgan fingerprint density at radius 2 is 0.833 bits per heavy atom. The van der Waals surface area contributed by atoms with Crippen molar-refractivity contribution in [2.24, 2.45) is 0 Å². The van der Waals surface area contributed by atoms with Crippen molar-refractivity contribution >= 4 is 46.9 Å². The van der Waals surface area contributed by atoms with E-state index in [1.54, 1.807) is 0 Å². The molecule has 0 nitrogen and oxygen atoms in total. The summed E-state index contributed by atoms with van der Waals surface area (Å²) in [6, 6.07) is 0. The number of hydrogen-bond donors (Lipinski definition) is 0. The van der Waals surface area contributed by atoms with Crippen molar-refractivity contribution in [1.29, 1.82) is 0 Å². The SMILES string of the molecule is CCCCC.CCCCC.[AlH3].[HH].[HH].[NaH]. The van der Waals surface area contributed by atoms with Crippen LogP contribution in [0.15, 0.2) is 0 Å². The average Bonchev–Trinajstić information content (AvgIpc) is 1.93. The molecule has 0 aromatic carbocycles. The second-order valence-corrected chi connectivity index (χ2v) is 2.71. The van der Waals surface area contributed by atoms with Crippen molar-refractivity contribution < 1.29 is 2.85 Å². The van der Waals surface area contributed by atoms with E-state index in [4.69, 9.17) is 0 Å². The molecule has 0 rings (SSSR count). The fraction of sp³-hybridized carbons (Fsp3) is 1.00. The van der Waals surface area contributed by atoms with Gasteiger partial charge in [0.1, 0.15) is 0 Å². The zero-order valence-corrected chi connectivity index (χ0v) is 8.24. The van der Waals surface area contributed by atoms with Crippen LogP contribution in [-0.2, 0) is 0 Å². The van der Waals surface area contributed by atoms with Gasteiger partial charge in [0.2, 0.25) is 0 Å². The van der Waals surface area contributed by atoms with Gasteiger partial charge in [0.05, 0.1) is 0 Å². The molecule has 0 radical (unpaired) electrons. The van der Waals surface area contributed by atoms with Crippen molar-refractivity contribution in [1.82, 2.24) is 0 Å². The molecule has 0 aromatic heterocycles. The molecule has 0 N–H and O–H groups in total. The van der Waals surface area contributed by atoms with E-state index in [9.17, 15) is 0 Å². The molecule has 0 saturated heterocycles. The van der Waals surface area contributed by atoms with E-state index in [0.29, 0.717) is 0 Å². The second-order valence-electron chi connectivity index (χ2n) is 2.71. The van der Waals surface area contributed by atoms with E-state index in [2.05, 4.69) is 27.7 Å². The Bertz CT molecular complexity index is 39.1. The Hall–Kier alpha value is 1.53. The first-order chi connectivity index (χ1) is 4.83. The van der Waals surface area contributed by atoms with E-state index < -0.39 is 0 Å². The van der Waals surface area contributed by atoms with E-state index in [-0.39, 0.29) is 49.8 Å². The quantitative estimate of drug-likeness (QED) is 0.615. The third kappa shape index (κ3) is 41.8. The fourth-order valence-corrected chi connectivity index (χ4v) is 0.707. The van der Waals surface area contributed by atoms with Crippen LogP contribution in [0.25, 0.3) is 0 Å². The van der Waals surface area contributed by atoms with Gasteiger partial charge in [-0.05, 0) is 0 Å². The molecule has 0 spiro atoms. The van der Waals surface area contributed by atoms with Crippen molar-refractivity contribution in [2.75, 3.05) is 0 Å². The molecule has 0 fully saturated rings. The molecule has 0 bridgehead atoms. The first-order valence-electron chi connectivity index (χ1n) is 4.83. The van der Waals surface area contributed by atoms with Crippen LogP contribution < -0.4 is 0 Å². The predicted molar refractivity (Wildman–Crippen MR) is 71.7 cm³/mol. The number of hydrogen-bond acceptors (Lipinski definition) is 0. The zero-order chi connectivity index (χ0) is 8.24. The van der Waals surface area contributed by atoms with Gasteiger partial charge in [-0.25, -0.2) is 0 Å². The molecule has 0 aliphatic rings. The molecule has 0 saturated carbocycles. The van der Waals surface area contributed by atoms with Gasteiger partial charge in [-0.3, -0.25) is 0 Å². The Morgan fingerprint density at radius 1 is 0.667 bits per heavy atom. The minimum atomic E-state index is 0. The molecule has 0 aliphatic carbocycles. The summed E-state index contributed by atoms with van der Waals surface area (Å²) in [5, 5.41) is 0. The van der Waals surface area contributed by atoms with Crippen molar-refractivity contribution in [3.05, 3.63) is 0 Å². The molecule has 0 amide bonds. The predicted octanol–water partition coefficient (Wildman–Crippen LogP) is 3.05. The van der Waals surface area contributed by atoms with Gasteiger partial charge in [-0.2, -0.15) is 0 Å². The Kier molecular flexibility index (Phi) is 57.3. The summed E-state index contributed by atoms with van der Waals surface area (Å²) in [7, 11) is 0. The molecule has 0 aliphatic heterocycles. The second kappa shape index (κ2) is 29.4. The first kappa shape index (κ1) is 23.4. The standard InChI is InChI=1S/2C5H12.Al.Na.2H2.4H/c2*1-3-5-4-2;;;;;;;;/h2*3-5H2,1-2H3;;;2*1H;;;;. The first-order valence-corrected chi connectivity index (χ1v) is 4.83. The number of unbranched alkanes of at least 4 members (excludes halogenated alkanes) is 4. The minimum absolute atomic E-state index is 0. The summed E-state index contributed by atoms with van der Waals surface area (Å²) in [5.41, 5.74) is 0. The summed E-state index contributed by atoms with van der Waals surface area (Å²) in [4.78, 5) is 0. The maximum absolute atomic E-state index is 2.21. The van der Waals surface area contributed by atoms with Crippen LogP contribution in [0.1, 0.15) is 69.1 Å². The molecule has 2 heteroatoms. The Labute approximate surface area is 115 Å². The van der Waals surface area contributed by atoms with Crippen LogP contribution in [0, 0.1) is 0 Å². The molecule has 0 atom stereocenters. The summed E-state index contributed by atoms with van der Waals surface area (Å²) in [6.07, 6.45) is 8.15. The topological polar surface area (TPSA) is 0 Å². The molecule has 12 heavy (non-hydrogen) atoms. The monoisotopic (exact) mass is 202 g/mol. The van der Waals surface area contributed by atoms with Gasteiger partial charge >= 0.3 is 29.6 Å². The third-order valence-electron chi connectivity index (χ3n) is 1.41. The van der Waals surface area contributed by atoms with Crippen LogP contribution in [0.3, 0.4) is 0 Å². The summed E-state index contributed by atoms with van der Waals surface area (Å²) >= 11 is 0. The van der Waals surface area contributed by atoms with Crippen LogP contribution in [0.4, 0.5) is 0 Å². The average molecular weight is 202 g/mol. The van der Waals surface area contributed by atoms with Gasteiger partial charge in [-0.1, -0.05) is 66.2 Å². The maximum atomic E-state index is 2.21. The molecule has 0 unspecified atom stereocenters. The van der Waals surface area contributed by atoms with Crippen LogP contribution in [0.5, 0.6) is 0 Å². The van der Waals surface area contributed by atoms with Crippen molar-refractivity contribution in [2.45, 2.75) is 66.2 Å². The molecule has 76 valence electrons. The third-order valence-corrected chi connectivity index (χ3v) is 1.41. The van der Waals surface area contributed by atoms with Crippen molar-refractivity contribution in [3.63, 3.8) is 0 Å². The van der Waals surface area contributed by atoms with Crippen LogP contribution in [-0.4, -0.2) is 46.9 Å². The fourth-order valence-electron chi connectivity index (χ4n) is 0.707. The van der Waals surface area contributed by atoms with Gasteiger partial charge in [-0.15, -0.1) is 0 Å². The summed E-state index contributed by atoms with van der Waals surface area (Å²) < 4.78 is 0. The molecule has 0 heterocycles. The van der Waals surface area contributed by atoms with E-state index >= 15 is 0 Å². The Morgan fingerprint density at radius 3 is 0.833 bits per heavy atom. The van der Waals surface area contributed by atoms with Gasteiger partial charge in [0, 0.05) is 2.85 Å². The number of rotatable bonds is 4. The Balaban J connectivity index is -0.0000000178. The van der Waals surface area contributed by atoms with Gasteiger partial charge in [0.25, 0.3) is 0 Å². The molecule has 0 aromatic rings. The molecular formula is C10H32AlNa. The van der Waals surface area contributed by atoms with Gasteiger partial charge < -0.3 is 0 Å². The zero-order valence-electron chi connectivity index (χ0n) is 8.24. The van der Waals surface area contributed by atoms with Crippen LogP contribution >= 0.6 is 0 Å². The van der Waals surface area contributed by atoms with Crippen molar-refractivity contribution in [3.8, 4) is 0 Å². The molecular weight excluding hydrogens is 170 g/mol. The van der Waals surface area contributed by atoms with Gasteiger partial charge in [0.15, 0.2) is 17.4 Å². The summed E-state index contributed by atoms with van der Waals surface area (Å²) in [6.45, 7) is 8.85. The van der Waals surface area contributed by atoms with Crippen LogP contribution in [0.2, 0.25) is 0 Å². The van der Waals surface area contributed by atoms with E-state index in [1.165, 1.54) is 38.5 Å². The van der Waals surface area contributed by atoms with E-state index in [0.717, 1.165) is 0 Å². The normalized spacial score (nSPS) is 7.00. The summed E-state index contributed by atoms with van der Waals surface area (Å²) in [5.74, 6) is 0.